The lowest BCUT2D eigenvalue weighted by molar-refractivity contribution is -0.138. The smallest absolute Gasteiger partial charge is 0.359 e. The molecule has 1 atom stereocenters. The van der Waals surface area contributed by atoms with E-state index in [1.807, 2.05) is 25.9 Å². The van der Waals surface area contributed by atoms with E-state index in [4.69, 9.17) is 9.90 Å². The second-order valence-corrected chi connectivity index (χ2v) is 6.07. The van der Waals surface area contributed by atoms with Gasteiger partial charge in [0.1, 0.15) is 6.79 Å². The molecule has 142 valence electrons. The molecule has 1 N–H and O–H groups in total. The molecule has 0 aromatic heterocycles. The predicted molar refractivity (Wildman–Crippen MR) is 99.6 cm³/mol. The third-order valence-electron chi connectivity index (χ3n) is 4.22. The minimum absolute atomic E-state index is 0.0682. The zero-order chi connectivity index (χ0) is 20.5. The maximum absolute atomic E-state index is 12.5. The van der Waals surface area contributed by atoms with Crippen molar-refractivity contribution in [3.05, 3.63) is 36.1 Å². The molecule has 0 fully saturated rings. The first-order valence-electron chi connectivity index (χ1n) is 8.13. The van der Waals surface area contributed by atoms with E-state index in [9.17, 15) is 14.4 Å². The second kappa shape index (κ2) is 10.2. The van der Waals surface area contributed by atoms with Gasteiger partial charge in [0.15, 0.2) is 0 Å². The summed E-state index contributed by atoms with van der Waals surface area (Å²) in [7, 11) is 1.21. The van der Waals surface area contributed by atoms with Crippen LogP contribution in [0.25, 0.3) is 0 Å². The van der Waals surface area contributed by atoms with Gasteiger partial charge in [-0.3, -0.25) is 14.6 Å². The molecule has 0 saturated carbocycles. The van der Waals surface area contributed by atoms with Gasteiger partial charge in [-0.1, -0.05) is 45.9 Å². The molecule has 0 saturated heterocycles. The zero-order valence-corrected chi connectivity index (χ0v) is 15.9. The van der Waals surface area contributed by atoms with Crippen LogP contribution in [0.15, 0.2) is 41.1 Å². The highest BCUT2D eigenvalue weighted by molar-refractivity contribution is 6.64. The number of carbonyl (C=O) groups is 4. The van der Waals surface area contributed by atoms with Crippen molar-refractivity contribution in [1.82, 2.24) is 4.90 Å². The molecule has 0 spiro atoms. The maximum atomic E-state index is 12.5. The van der Waals surface area contributed by atoms with Crippen LogP contribution in [0.4, 0.5) is 0 Å². The highest BCUT2D eigenvalue weighted by Gasteiger charge is 2.31. The molecule has 0 aromatic rings. The van der Waals surface area contributed by atoms with Crippen molar-refractivity contribution in [3.63, 3.8) is 0 Å². The van der Waals surface area contributed by atoms with Crippen molar-refractivity contribution < 1.29 is 24.3 Å². The standard InChI is InChI=1S/C18H24N2O4.CH2O/c1-6-14(21)20(16(22)15(19-5)17(23)24)13-8-7-10-18(4,11-9-13)12(2)3;1-2/h7-12H,6H2,1-5H3,(H,23,24);1H2. The first-order chi connectivity index (χ1) is 12.2. The molecule has 2 amide bonds. The number of carboxylic acid groups (broad SMARTS) is 1. The number of aliphatic carboxylic acids is 1. The number of rotatable bonds is 5. The van der Waals surface area contributed by atoms with Crippen molar-refractivity contribution in [1.29, 1.82) is 0 Å². The average molecular weight is 362 g/mol. The van der Waals surface area contributed by atoms with Gasteiger partial charge in [0.05, 0.1) is 5.70 Å². The lowest BCUT2D eigenvalue weighted by Gasteiger charge is -2.26. The Morgan fingerprint density at radius 1 is 1.27 bits per heavy atom. The topological polar surface area (TPSA) is 104 Å². The van der Waals surface area contributed by atoms with Crippen LogP contribution in [0, 0.1) is 11.3 Å². The highest BCUT2D eigenvalue weighted by Crippen LogP contribution is 2.33. The monoisotopic (exact) mass is 362 g/mol. The van der Waals surface area contributed by atoms with Crippen molar-refractivity contribution >= 4 is 30.3 Å². The molecular weight excluding hydrogens is 336 g/mol. The molecule has 0 bridgehead atoms. The summed E-state index contributed by atoms with van der Waals surface area (Å²) in [5, 5.41) is 9.12. The summed E-state index contributed by atoms with van der Waals surface area (Å²) >= 11 is 0. The second-order valence-electron chi connectivity index (χ2n) is 6.07. The molecule has 1 unspecified atom stereocenters. The normalized spacial score (nSPS) is 19.2. The molecule has 7 nitrogen and oxygen atoms in total. The van der Waals surface area contributed by atoms with Crippen LogP contribution < -0.4 is 0 Å². The SMILES string of the molecule is C=O.CCC(=O)N(C(=O)C(=NC)C(=O)O)C1=CC=CC(C)(C(C)C)C=C1. The molecule has 1 aliphatic carbocycles. The van der Waals surface area contributed by atoms with Crippen LogP contribution in [-0.2, 0) is 19.2 Å². The zero-order valence-electron chi connectivity index (χ0n) is 15.9. The quantitative estimate of drug-likeness (QED) is 0.597. The summed E-state index contributed by atoms with van der Waals surface area (Å²) in [6.07, 6.45) is 9.07. The number of carbonyl (C=O) groups excluding carboxylic acids is 3. The molecule has 0 aliphatic heterocycles. The number of hydrogen-bond donors (Lipinski definition) is 1. The van der Waals surface area contributed by atoms with Crippen molar-refractivity contribution in [2.75, 3.05) is 7.05 Å². The van der Waals surface area contributed by atoms with Gasteiger partial charge in [0.25, 0.3) is 5.91 Å². The van der Waals surface area contributed by atoms with Gasteiger partial charge in [-0.25, -0.2) is 9.69 Å². The third-order valence-corrected chi connectivity index (χ3v) is 4.22. The van der Waals surface area contributed by atoms with Gasteiger partial charge in [0.2, 0.25) is 11.6 Å². The Balaban J connectivity index is 0.00000301. The Hall–Kier alpha value is -2.83. The van der Waals surface area contributed by atoms with Crippen LogP contribution in [0.5, 0.6) is 0 Å². The van der Waals surface area contributed by atoms with E-state index in [2.05, 4.69) is 18.8 Å². The van der Waals surface area contributed by atoms with E-state index in [0.29, 0.717) is 11.6 Å². The van der Waals surface area contributed by atoms with Gasteiger partial charge >= 0.3 is 5.97 Å². The van der Waals surface area contributed by atoms with Crippen LogP contribution in [0.2, 0.25) is 0 Å². The van der Waals surface area contributed by atoms with Gasteiger partial charge in [-0.2, -0.15) is 0 Å². The predicted octanol–water partition coefficient (Wildman–Crippen LogP) is 2.39. The summed E-state index contributed by atoms with van der Waals surface area (Å²) in [6.45, 7) is 9.81. The van der Waals surface area contributed by atoms with Crippen molar-refractivity contribution in [3.8, 4) is 0 Å². The van der Waals surface area contributed by atoms with Gasteiger partial charge in [-0.05, 0) is 18.1 Å². The summed E-state index contributed by atoms with van der Waals surface area (Å²) < 4.78 is 0. The lowest BCUT2D eigenvalue weighted by atomic mass is 9.79. The van der Waals surface area contributed by atoms with E-state index >= 15 is 0 Å². The van der Waals surface area contributed by atoms with Gasteiger partial charge < -0.3 is 9.90 Å². The Morgan fingerprint density at radius 2 is 1.85 bits per heavy atom. The highest BCUT2D eigenvalue weighted by atomic mass is 16.4. The van der Waals surface area contributed by atoms with E-state index in [1.165, 1.54) is 7.05 Å². The van der Waals surface area contributed by atoms with Crippen LogP contribution in [0.1, 0.15) is 34.1 Å². The number of amides is 2. The summed E-state index contributed by atoms with van der Waals surface area (Å²) in [5.41, 5.74) is -0.572. The molecule has 26 heavy (non-hydrogen) atoms. The summed E-state index contributed by atoms with van der Waals surface area (Å²) in [4.78, 5) is 48.4. The number of imide groups is 1. The molecule has 0 radical (unpaired) electrons. The fraction of sp³-hybridized carbons (Fsp3) is 0.421. The molecule has 0 aromatic carbocycles. The molecule has 0 heterocycles. The van der Waals surface area contributed by atoms with Crippen LogP contribution >= 0.6 is 0 Å². The van der Waals surface area contributed by atoms with Crippen molar-refractivity contribution in [2.45, 2.75) is 34.1 Å². The maximum Gasteiger partial charge on any atom is 0.359 e. The molecule has 1 aliphatic rings. The number of hydrogen-bond acceptors (Lipinski definition) is 5. The lowest BCUT2D eigenvalue weighted by Crippen LogP contribution is -2.42. The molecule has 7 heteroatoms. The summed E-state index contributed by atoms with van der Waals surface area (Å²) in [5.74, 6) is -2.57. The minimum Gasteiger partial charge on any atom is -0.476 e. The third kappa shape index (κ3) is 5.34. The minimum atomic E-state index is -1.46. The largest absolute Gasteiger partial charge is 0.476 e. The fourth-order valence-electron chi connectivity index (χ4n) is 2.19. The van der Waals surface area contributed by atoms with Gasteiger partial charge in [0, 0.05) is 18.9 Å². The Kier molecular flexibility index (Phi) is 9.11. The van der Waals surface area contributed by atoms with E-state index < -0.39 is 23.5 Å². The van der Waals surface area contributed by atoms with E-state index in [1.54, 1.807) is 25.2 Å². The number of nitrogens with zero attached hydrogens (tertiary/aromatic N) is 2. The number of allylic oxidation sites excluding steroid dienone is 5. The van der Waals surface area contributed by atoms with Crippen LogP contribution in [-0.4, -0.2) is 47.3 Å². The van der Waals surface area contributed by atoms with Crippen LogP contribution in [0.3, 0.4) is 0 Å². The number of carboxylic acids is 1. The van der Waals surface area contributed by atoms with Gasteiger partial charge in [-0.15, -0.1) is 0 Å². The summed E-state index contributed by atoms with van der Waals surface area (Å²) in [6, 6.07) is 0. The average Bonchev–Trinajstić information content (AvgIpc) is 2.80. The van der Waals surface area contributed by atoms with E-state index in [0.717, 1.165) is 4.90 Å². The first-order valence-corrected chi connectivity index (χ1v) is 8.13. The van der Waals surface area contributed by atoms with E-state index in [-0.39, 0.29) is 11.8 Å². The fourth-order valence-corrected chi connectivity index (χ4v) is 2.19. The molecular formula is C19H26N2O5. The van der Waals surface area contributed by atoms with Crippen molar-refractivity contribution in [2.24, 2.45) is 16.3 Å². The Labute approximate surface area is 153 Å². The first kappa shape index (κ1) is 23.2. The Bertz CT molecular complexity index is 673. The number of aliphatic imine (C=N–C) groups is 1. The Morgan fingerprint density at radius 3 is 2.27 bits per heavy atom. The molecule has 1 rings (SSSR count).